The average Bonchev–Trinajstić information content (AvgIpc) is 2.56. The molecule has 0 radical (unpaired) electrons. The lowest BCUT2D eigenvalue weighted by Gasteiger charge is -2.03. The summed E-state index contributed by atoms with van der Waals surface area (Å²) in [7, 11) is 0. The van der Waals surface area contributed by atoms with Gasteiger partial charge < -0.3 is 0 Å². The third-order valence-corrected chi connectivity index (χ3v) is 5.04. The molecule has 0 bridgehead atoms. The second kappa shape index (κ2) is 20.8. The molecule has 0 saturated heterocycles. The zero-order chi connectivity index (χ0) is 17.7. The van der Waals surface area contributed by atoms with E-state index in [1.54, 1.807) is 0 Å². The summed E-state index contributed by atoms with van der Waals surface area (Å²) in [6, 6.07) is 0. The Hall–Kier alpha value is -0.260. The van der Waals surface area contributed by atoms with Crippen LogP contribution in [0.5, 0.6) is 0 Å². The van der Waals surface area contributed by atoms with Gasteiger partial charge in [-0.15, -0.1) is 0 Å². The molecular weight excluding hydrogens is 288 g/mol. The average molecular weight is 337 g/mol. The van der Waals surface area contributed by atoms with Crippen molar-refractivity contribution in [1.29, 1.82) is 0 Å². The summed E-state index contributed by atoms with van der Waals surface area (Å²) >= 11 is 0. The highest BCUT2D eigenvalue weighted by atomic mass is 14.0. The Labute approximate surface area is 154 Å². The van der Waals surface area contributed by atoms with Gasteiger partial charge in [-0.1, -0.05) is 123 Å². The quantitative estimate of drug-likeness (QED) is 0.163. The van der Waals surface area contributed by atoms with Gasteiger partial charge in [-0.25, -0.2) is 0 Å². The zero-order valence-corrected chi connectivity index (χ0v) is 17.5. The Bertz CT molecular complexity index is 238. The molecule has 144 valence electrons. The summed E-state index contributed by atoms with van der Waals surface area (Å²) in [6.07, 6.45) is 30.5. The molecule has 0 aromatic rings. The van der Waals surface area contributed by atoms with Gasteiger partial charge in [0.2, 0.25) is 0 Å². The Kier molecular flexibility index (Phi) is 20.6. The number of rotatable bonds is 19. The monoisotopic (exact) mass is 336 g/mol. The summed E-state index contributed by atoms with van der Waals surface area (Å²) in [5.74, 6) is 0.881. The van der Waals surface area contributed by atoms with Crippen LogP contribution in [0.15, 0.2) is 12.2 Å². The zero-order valence-electron chi connectivity index (χ0n) is 17.5. The van der Waals surface area contributed by atoms with Crippen LogP contribution < -0.4 is 0 Å². The molecule has 0 nitrogen and oxygen atoms in total. The molecule has 0 unspecified atom stereocenters. The first-order valence-corrected chi connectivity index (χ1v) is 11.4. The maximum Gasteiger partial charge on any atom is -0.0351 e. The van der Waals surface area contributed by atoms with Crippen LogP contribution in [-0.4, -0.2) is 0 Å². The lowest BCUT2D eigenvalue weighted by atomic mass is 10.0. The van der Waals surface area contributed by atoms with E-state index in [0.717, 1.165) is 5.92 Å². The topological polar surface area (TPSA) is 0 Å². The molecule has 0 heterocycles. The van der Waals surface area contributed by atoms with E-state index in [9.17, 15) is 0 Å². The second-order valence-electron chi connectivity index (χ2n) is 8.18. The molecule has 0 aromatic carbocycles. The van der Waals surface area contributed by atoms with Crippen molar-refractivity contribution in [3.05, 3.63) is 12.2 Å². The van der Waals surface area contributed by atoms with Gasteiger partial charge in [-0.2, -0.15) is 0 Å². The molecule has 0 aliphatic rings. The highest BCUT2D eigenvalue weighted by Crippen LogP contribution is 2.13. The van der Waals surface area contributed by atoms with E-state index in [1.807, 2.05) is 0 Å². The second-order valence-corrected chi connectivity index (χ2v) is 8.18. The number of hydrogen-bond acceptors (Lipinski definition) is 0. The van der Waals surface area contributed by atoms with Gasteiger partial charge in [0.05, 0.1) is 0 Å². The van der Waals surface area contributed by atoms with Gasteiger partial charge in [0, 0.05) is 0 Å². The number of hydrogen-bond donors (Lipinski definition) is 0. The molecule has 0 heteroatoms. The third kappa shape index (κ3) is 21.7. The minimum absolute atomic E-state index is 0.881. The molecule has 0 fully saturated rings. The van der Waals surface area contributed by atoms with Crippen LogP contribution in [0.2, 0.25) is 0 Å². The van der Waals surface area contributed by atoms with Crippen LogP contribution in [0.1, 0.15) is 136 Å². The molecular formula is C24H48. The summed E-state index contributed by atoms with van der Waals surface area (Å²) in [5.41, 5.74) is 0. The Morgan fingerprint density at radius 2 is 0.875 bits per heavy atom. The Balaban J connectivity index is 3.05. The van der Waals surface area contributed by atoms with Crippen LogP contribution in [-0.2, 0) is 0 Å². The van der Waals surface area contributed by atoms with Crippen molar-refractivity contribution >= 4 is 0 Å². The third-order valence-electron chi connectivity index (χ3n) is 5.04. The fourth-order valence-electron chi connectivity index (χ4n) is 3.33. The molecule has 0 amide bonds. The standard InChI is InChI=1S/C24H48/c1-4-5-6-7-8-9-10-11-12-13-14-15-16-17-18-19-20-21-22-23-24(2)3/h17-18,24H,4-16,19-23H2,1-3H3/b18-17-. The van der Waals surface area contributed by atoms with E-state index in [-0.39, 0.29) is 0 Å². The highest BCUT2D eigenvalue weighted by molar-refractivity contribution is 4.81. The molecule has 0 spiro atoms. The fourth-order valence-corrected chi connectivity index (χ4v) is 3.33. The van der Waals surface area contributed by atoms with Gasteiger partial charge in [0.1, 0.15) is 0 Å². The molecule has 0 atom stereocenters. The Morgan fingerprint density at radius 1 is 0.500 bits per heavy atom. The summed E-state index contributed by atoms with van der Waals surface area (Å²) in [4.78, 5) is 0. The van der Waals surface area contributed by atoms with E-state index >= 15 is 0 Å². The molecule has 24 heavy (non-hydrogen) atoms. The molecule has 0 rings (SSSR count). The molecule has 0 N–H and O–H groups in total. The van der Waals surface area contributed by atoms with Crippen LogP contribution >= 0.6 is 0 Å². The van der Waals surface area contributed by atoms with Crippen LogP contribution in [0, 0.1) is 5.92 Å². The lowest BCUT2D eigenvalue weighted by molar-refractivity contribution is 0.528. The maximum atomic E-state index is 2.43. The van der Waals surface area contributed by atoms with Crippen LogP contribution in [0.25, 0.3) is 0 Å². The fraction of sp³-hybridized carbons (Fsp3) is 0.917. The number of allylic oxidation sites excluding steroid dienone is 2. The maximum absolute atomic E-state index is 2.43. The largest absolute Gasteiger partial charge is 0.0885 e. The predicted molar refractivity (Wildman–Crippen MR) is 113 cm³/mol. The Morgan fingerprint density at radius 3 is 1.29 bits per heavy atom. The van der Waals surface area contributed by atoms with Crippen molar-refractivity contribution in [2.45, 2.75) is 136 Å². The minimum Gasteiger partial charge on any atom is -0.0885 e. The number of unbranched alkanes of at least 4 members (excludes halogenated alkanes) is 15. The minimum atomic E-state index is 0.881. The first kappa shape index (κ1) is 23.7. The lowest BCUT2D eigenvalue weighted by Crippen LogP contribution is -1.86. The van der Waals surface area contributed by atoms with E-state index < -0.39 is 0 Å². The van der Waals surface area contributed by atoms with Crippen molar-refractivity contribution in [2.24, 2.45) is 5.92 Å². The van der Waals surface area contributed by atoms with E-state index in [1.165, 1.54) is 116 Å². The normalized spacial score (nSPS) is 11.8. The van der Waals surface area contributed by atoms with Gasteiger partial charge in [0.15, 0.2) is 0 Å². The van der Waals surface area contributed by atoms with Crippen LogP contribution in [0.4, 0.5) is 0 Å². The highest BCUT2D eigenvalue weighted by Gasteiger charge is 1.94. The first-order valence-electron chi connectivity index (χ1n) is 11.4. The smallest absolute Gasteiger partial charge is 0.0351 e. The predicted octanol–water partition coefficient (Wildman–Crippen LogP) is 9.24. The molecule has 0 aromatic heterocycles. The summed E-state index contributed by atoms with van der Waals surface area (Å²) in [5, 5.41) is 0. The first-order chi connectivity index (χ1) is 11.8. The SMILES string of the molecule is CCCCCCCCCCCCCC/C=C\CCCCCC(C)C. The molecule has 0 aliphatic carbocycles. The van der Waals surface area contributed by atoms with E-state index in [2.05, 4.69) is 32.9 Å². The van der Waals surface area contributed by atoms with Crippen molar-refractivity contribution in [3.8, 4) is 0 Å². The molecule has 0 aliphatic heterocycles. The van der Waals surface area contributed by atoms with E-state index in [0.29, 0.717) is 0 Å². The van der Waals surface area contributed by atoms with Gasteiger partial charge in [0.25, 0.3) is 0 Å². The van der Waals surface area contributed by atoms with Crippen molar-refractivity contribution < 1.29 is 0 Å². The van der Waals surface area contributed by atoms with Crippen LogP contribution in [0.3, 0.4) is 0 Å². The van der Waals surface area contributed by atoms with E-state index in [4.69, 9.17) is 0 Å². The van der Waals surface area contributed by atoms with Gasteiger partial charge in [-0.3, -0.25) is 0 Å². The van der Waals surface area contributed by atoms with Crippen molar-refractivity contribution in [1.82, 2.24) is 0 Å². The van der Waals surface area contributed by atoms with Crippen molar-refractivity contribution in [3.63, 3.8) is 0 Å². The van der Waals surface area contributed by atoms with Gasteiger partial charge >= 0.3 is 0 Å². The van der Waals surface area contributed by atoms with Crippen molar-refractivity contribution in [2.75, 3.05) is 0 Å². The molecule has 0 saturated carbocycles. The summed E-state index contributed by atoms with van der Waals surface area (Å²) < 4.78 is 0. The van der Waals surface area contributed by atoms with Gasteiger partial charge in [-0.05, 0) is 31.6 Å². The summed E-state index contributed by atoms with van der Waals surface area (Å²) in [6.45, 7) is 6.95.